The third-order valence-corrected chi connectivity index (χ3v) is 4.24. The van der Waals surface area contributed by atoms with Crippen molar-refractivity contribution in [3.63, 3.8) is 0 Å². The zero-order valence-corrected chi connectivity index (χ0v) is 11.6. The van der Waals surface area contributed by atoms with E-state index in [1.165, 1.54) is 30.7 Å². The van der Waals surface area contributed by atoms with Gasteiger partial charge in [0.2, 0.25) is 0 Å². The van der Waals surface area contributed by atoms with Gasteiger partial charge in [-0.15, -0.1) is 0 Å². The highest BCUT2D eigenvalue weighted by atomic mass is 15.3. The second-order valence-electron chi connectivity index (χ2n) is 5.42. The Kier molecular flexibility index (Phi) is 3.57. The lowest BCUT2D eigenvalue weighted by molar-refractivity contribution is 0.348. The van der Waals surface area contributed by atoms with Crippen LogP contribution < -0.4 is 5.32 Å². The summed E-state index contributed by atoms with van der Waals surface area (Å²) in [6, 6.07) is 2.89. The average Bonchev–Trinajstić information content (AvgIpc) is 3.00. The number of aryl methyl sites for hydroxylation is 2. The summed E-state index contributed by atoms with van der Waals surface area (Å²) >= 11 is 0. The van der Waals surface area contributed by atoms with E-state index in [4.69, 9.17) is 0 Å². The van der Waals surface area contributed by atoms with Gasteiger partial charge < -0.3 is 5.32 Å². The van der Waals surface area contributed by atoms with Crippen molar-refractivity contribution in [2.45, 2.75) is 52.5 Å². The van der Waals surface area contributed by atoms with Crippen LogP contribution in [-0.4, -0.2) is 22.4 Å². The molecular formula is C14H25N3. The first-order valence-corrected chi connectivity index (χ1v) is 6.86. The topological polar surface area (TPSA) is 29.9 Å². The SMILES string of the molecule is CCNC(C)C1(Cc2cc(CC)nn2C)CC1. The van der Waals surface area contributed by atoms with Crippen LogP contribution in [0.15, 0.2) is 6.07 Å². The van der Waals surface area contributed by atoms with Crippen LogP contribution in [0.2, 0.25) is 0 Å². The minimum atomic E-state index is 0.495. The maximum absolute atomic E-state index is 4.54. The summed E-state index contributed by atoms with van der Waals surface area (Å²) in [7, 11) is 2.07. The predicted octanol–water partition coefficient (Wildman–Crippen LogP) is 2.30. The van der Waals surface area contributed by atoms with Crippen LogP contribution in [0.25, 0.3) is 0 Å². The monoisotopic (exact) mass is 235 g/mol. The van der Waals surface area contributed by atoms with E-state index in [1.807, 2.05) is 0 Å². The van der Waals surface area contributed by atoms with Gasteiger partial charge in [-0.2, -0.15) is 5.10 Å². The van der Waals surface area contributed by atoms with Crippen LogP contribution >= 0.6 is 0 Å². The summed E-state index contributed by atoms with van der Waals surface area (Å²) in [6.07, 6.45) is 4.91. The van der Waals surface area contributed by atoms with E-state index in [1.54, 1.807) is 0 Å². The summed E-state index contributed by atoms with van der Waals surface area (Å²) in [5, 5.41) is 8.12. The molecule has 1 aliphatic carbocycles. The maximum Gasteiger partial charge on any atom is 0.0624 e. The molecule has 1 aliphatic rings. The lowest BCUT2D eigenvalue weighted by Crippen LogP contribution is -2.36. The molecule has 1 fully saturated rings. The number of nitrogens with one attached hydrogen (secondary N) is 1. The smallest absolute Gasteiger partial charge is 0.0624 e. The molecular weight excluding hydrogens is 210 g/mol. The summed E-state index contributed by atoms with van der Waals surface area (Å²) in [6.45, 7) is 7.74. The molecule has 1 aromatic rings. The van der Waals surface area contributed by atoms with E-state index in [0.29, 0.717) is 11.5 Å². The highest BCUT2D eigenvalue weighted by molar-refractivity contribution is 5.16. The van der Waals surface area contributed by atoms with Crippen molar-refractivity contribution in [3.05, 3.63) is 17.5 Å². The number of rotatable bonds is 6. The first-order valence-electron chi connectivity index (χ1n) is 6.86. The van der Waals surface area contributed by atoms with Gasteiger partial charge in [0.15, 0.2) is 0 Å². The van der Waals surface area contributed by atoms with Gasteiger partial charge in [0, 0.05) is 18.8 Å². The lowest BCUT2D eigenvalue weighted by atomic mass is 9.92. The number of hydrogen-bond donors (Lipinski definition) is 1. The molecule has 0 amide bonds. The lowest BCUT2D eigenvalue weighted by Gasteiger charge is -2.24. The molecule has 0 saturated heterocycles. The van der Waals surface area contributed by atoms with Crippen LogP contribution in [0.3, 0.4) is 0 Å². The largest absolute Gasteiger partial charge is 0.314 e. The van der Waals surface area contributed by atoms with Crippen molar-refractivity contribution < 1.29 is 0 Å². The van der Waals surface area contributed by atoms with Gasteiger partial charge in [-0.25, -0.2) is 0 Å². The molecule has 0 aromatic carbocycles. The molecule has 1 saturated carbocycles. The Morgan fingerprint density at radius 2 is 2.18 bits per heavy atom. The number of nitrogens with zero attached hydrogens (tertiary/aromatic N) is 2. The van der Waals surface area contributed by atoms with E-state index in [9.17, 15) is 0 Å². The van der Waals surface area contributed by atoms with Gasteiger partial charge in [0.25, 0.3) is 0 Å². The van der Waals surface area contributed by atoms with Crippen LogP contribution in [0, 0.1) is 5.41 Å². The highest BCUT2D eigenvalue weighted by Gasteiger charge is 2.47. The molecule has 2 rings (SSSR count). The second-order valence-corrected chi connectivity index (χ2v) is 5.42. The summed E-state index contributed by atoms with van der Waals surface area (Å²) in [4.78, 5) is 0. The Balaban J connectivity index is 2.07. The Labute approximate surface area is 105 Å². The molecule has 0 spiro atoms. The van der Waals surface area contributed by atoms with Gasteiger partial charge in [-0.05, 0) is 50.6 Å². The van der Waals surface area contributed by atoms with E-state index < -0.39 is 0 Å². The van der Waals surface area contributed by atoms with Gasteiger partial charge in [0.05, 0.1) is 5.69 Å². The molecule has 3 nitrogen and oxygen atoms in total. The summed E-state index contributed by atoms with van der Waals surface area (Å²) in [5.74, 6) is 0. The normalized spacial score (nSPS) is 19.3. The Hall–Kier alpha value is -0.830. The zero-order chi connectivity index (χ0) is 12.5. The maximum atomic E-state index is 4.54. The van der Waals surface area contributed by atoms with Crippen molar-refractivity contribution in [2.75, 3.05) is 6.54 Å². The van der Waals surface area contributed by atoms with Gasteiger partial charge in [-0.3, -0.25) is 4.68 Å². The first-order chi connectivity index (χ1) is 8.11. The van der Waals surface area contributed by atoms with E-state index in [2.05, 4.69) is 49.0 Å². The van der Waals surface area contributed by atoms with Crippen LogP contribution in [-0.2, 0) is 19.9 Å². The Morgan fingerprint density at radius 3 is 2.65 bits per heavy atom. The second kappa shape index (κ2) is 4.81. The fourth-order valence-electron chi connectivity index (χ4n) is 2.72. The van der Waals surface area contributed by atoms with Gasteiger partial charge in [-0.1, -0.05) is 13.8 Å². The minimum absolute atomic E-state index is 0.495. The average molecular weight is 235 g/mol. The molecule has 0 bridgehead atoms. The highest BCUT2D eigenvalue weighted by Crippen LogP contribution is 2.51. The molecule has 0 aliphatic heterocycles. The molecule has 1 aromatic heterocycles. The van der Waals surface area contributed by atoms with Crippen LogP contribution in [0.4, 0.5) is 0 Å². The molecule has 0 radical (unpaired) electrons. The molecule has 17 heavy (non-hydrogen) atoms. The van der Waals surface area contributed by atoms with Crippen molar-refractivity contribution in [1.82, 2.24) is 15.1 Å². The third kappa shape index (κ3) is 2.54. The van der Waals surface area contributed by atoms with Gasteiger partial charge in [0.1, 0.15) is 0 Å². The molecule has 1 unspecified atom stereocenters. The summed E-state index contributed by atoms with van der Waals surface area (Å²) in [5.41, 5.74) is 3.10. The van der Waals surface area contributed by atoms with E-state index in [0.717, 1.165) is 13.0 Å². The van der Waals surface area contributed by atoms with E-state index >= 15 is 0 Å². The molecule has 1 N–H and O–H groups in total. The fraction of sp³-hybridized carbons (Fsp3) is 0.786. The Bertz CT molecular complexity index is 377. The standard InChI is InChI=1S/C14H25N3/c1-5-12-9-13(17(4)16-12)10-14(7-8-14)11(3)15-6-2/h9,11,15H,5-8,10H2,1-4H3. The van der Waals surface area contributed by atoms with Crippen LogP contribution in [0.1, 0.15) is 45.0 Å². The fourth-order valence-corrected chi connectivity index (χ4v) is 2.72. The van der Waals surface area contributed by atoms with Crippen LogP contribution in [0.5, 0.6) is 0 Å². The molecule has 3 heteroatoms. The zero-order valence-electron chi connectivity index (χ0n) is 11.6. The van der Waals surface area contributed by atoms with Crippen molar-refractivity contribution >= 4 is 0 Å². The minimum Gasteiger partial charge on any atom is -0.314 e. The van der Waals surface area contributed by atoms with Gasteiger partial charge >= 0.3 is 0 Å². The number of aromatic nitrogens is 2. The first kappa shape index (κ1) is 12.6. The Morgan fingerprint density at radius 1 is 1.47 bits per heavy atom. The molecule has 1 atom stereocenters. The predicted molar refractivity (Wildman–Crippen MR) is 71.1 cm³/mol. The molecule has 1 heterocycles. The third-order valence-electron chi connectivity index (χ3n) is 4.24. The van der Waals surface area contributed by atoms with Crippen molar-refractivity contribution in [1.29, 1.82) is 0 Å². The van der Waals surface area contributed by atoms with Crippen molar-refractivity contribution in [3.8, 4) is 0 Å². The van der Waals surface area contributed by atoms with E-state index in [-0.39, 0.29) is 0 Å². The number of hydrogen-bond acceptors (Lipinski definition) is 2. The summed E-state index contributed by atoms with van der Waals surface area (Å²) < 4.78 is 2.07. The van der Waals surface area contributed by atoms with Crippen molar-refractivity contribution in [2.24, 2.45) is 12.5 Å². The molecule has 96 valence electrons. The quantitative estimate of drug-likeness (QED) is 0.820.